The van der Waals surface area contributed by atoms with Gasteiger partial charge in [-0.15, -0.1) is 0 Å². The number of nitrogens with one attached hydrogen (secondary N) is 1. The quantitative estimate of drug-likeness (QED) is 0.521. The second-order valence-corrected chi connectivity index (χ2v) is 4.51. The minimum Gasteiger partial charge on any atom is -0.468 e. The molecule has 0 spiro atoms. The van der Waals surface area contributed by atoms with Crippen molar-refractivity contribution in [3.8, 4) is 0 Å². The van der Waals surface area contributed by atoms with Crippen LogP contribution in [-0.4, -0.2) is 45.1 Å². The number of esters is 1. The SMILES string of the molecule is CNC(C)(CCCCOCCC(F)(F)F)C(=O)OC. The predicted octanol–water partition coefficient (Wildman–Crippen LogP) is 2.28. The molecule has 7 heteroatoms. The standard InChI is InChI=1S/C12H22F3NO3/c1-11(16-2,10(17)18-3)6-4-5-8-19-9-7-12(13,14)15/h16H,4-9H2,1-3H3. The van der Waals surface area contributed by atoms with E-state index in [-0.39, 0.29) is 19.2 Å². The highest BCUT2D eigenvalue weighted by atomic mass is 19.4. The molecule has 0 amide bonds. The molecule has 0 aromatic carbocycles. The molecule has 1 N–H and O–H groups in total. The molecule has 1 unspecified atom stereocenters. The highest BCUT2D eigenvalue weighted by molar-refractivity contribution is 5.80. The molecule has 0 saturated heterocycles. The largest absolute Gasteiger partial charge is 0.468 e. The van der Waals surface area contributed by atoms with E-state index < -0.39 is 18.1 Å². The number of unbranched alkanes of at least 4 members (excludes halogenated alkanes) is 1. The van der Waals surface area contributed by atoms with E-state index in [2.05, 4.69) is 10.1 Å². The zero-order valence-corrected chi connectivity index (χ0v) is 11.6. The summed E-state index contributed by atoms with van der Waals surface area (Å²) in [5.41, 5.74) is -0.763. The highest BCUT2D eigenvalue weighted by Gasteiger charge is 2.31. The summed E-state index contributed by atoms with van der Waals surface area (Å²) in [6.07, 6.45) is -3.29. The van der Waals surface area contributed by atoms with Crippen LogP contribution in [0.1, 0.15) is 32.6 Å². The maximum Gasteiger partial charge on any atom is 0.391 e. The van der Waals surface area contributed by atoms with Gasteiger partial charge in [0.15, 0.2) is 0 Å². The van der Waals surface area contributed by atoms with Gasteiger partial charge in [-0.1, -0.05) is 0 Å². The first-order chi connectivity index (χ1) is 8.75. The van der Waals surface area contributed by atoms with Gasteiger partial charge in [0.05, 0.1) is 20.1 Å². The topological polar surface area (TPSA) is 47.6 Å². The summed E-state index contributed by atoms with van der Waals surface area (Å²) >= 11 is 0. The second-order valence-electron chi connectivity index (χ2n) is 4.51. The molecule has 0 bridgehead atoms. The van der Waals surface area contributed by atoms with Crippen molar-refractivity contribution in [3.63, 3.8) is 0 Å². The smallest absolute Gasteiger partial charge is 0.391 e. The number of carbonyl (C=O) groups excluding carboxylic acids is 1. The average Bonchev–Trinajstić information content (AvgIpc) is 2.34. The van der Waals surface area contributed by atoms with Gasteiger partial charge in [-0.05, 0) is 33.2 Å². The van der Waals surface area contributed by atoms with Gasteiger partial charge in [0.2, 0.25) is 0 Å². The van der Waals surface area contributed by atoms with Crippen LogP contribution in [0.15, 0.2) is 0 Å². The van der Waals surface area contributed by atoms with E-state index in [0.29, 0.717) is 19.3 Å². The zero-order chi connectivity index (χ0) is 14.9. The first kappa shape index (κ1) is 18.2. The van der Waals surface area contributed by atoms with Gasteiger partial charge in [0.25, 0.3) is 0 Å². The van der Waals surface area contributed by atoms with Crippen LogP contribution in [0.25, 0.3) is 0 Å². The van der Waals surface area contributed by atoms with Crippen LogP contribution in [0.4, 0.5) is 13.2 Å². The molecular formula is C12H22F3NO3. The van der Waals surface area contributed by atoms with Crippen LogP contribution in [-0.2, 0) is 14.3 Å². The first-order valence-electron chi connectivity index (χ1n) is 6.17. The number of alkyl halides is 3. The molecule has 0 fully saturated rings. The molecule has 0 aromatic rings. The third-order valence-corrected chi connectivity index (χ3v) is 2.93. The molecular weight excluding hydrogens is 263 g/mol. The third-order valence-electron chi connectivity index (χ3n) is 2.93. The molecule has 0 aliphatic carbocycles. The Morgan fingerprint density at radius 3 is 2.26 bits per heavy atom. The maximum atomic E-state index is 11.8. The predicted molar refractivity (Wildman–Crippen MR) is 64.8 cm³/mol. The fraction of sp³-hybridized carbons (Fsp3) is 0.917. The fourth-order valence-corrected chi connectivity index (χ4v) is 1.53. The van der Waals surface area contributed by atoms with Gasteiger partial charge in [-0.3, -0.25) is 4.79 Å². The van der Waals surface area contributed by atoms with E-state index in [4.69, 9.17) is 4.74 Å². The van der Waals surface area contributed by atoms with Crippen LogP contribution in [0, 0.1) is 0 Å². The van der Waals surface area contributed by atoms with Crippen LogP contribution < -0.4 is 5.32 Å². The summed E-state index contributed by atoms with van der Waals surface area (Å²) in [5.74, 6) is -0.354. The third kappa shape index (κ3) is 8.05. The lowest BCUT2D eigenvalue weighted by atomic mass is 9.95. The number of likely N-dealkylation sites (N-methyl/N-ethyl adjacent to an activating group) is 1. The maximum absolute atomic E-state index is 11.8. The Hall–Kier alpha value is -0.820. The Balaban J connectivity index is 3.71. The molecule has 19 heavy (non-hydrogen) atoms. The minimum atomic E-state index is -4.17. The van der Waals surface area contributed by atoms with Crippen LogP contribution in [0.3, 0.4) is 0 Å². The summed E-state index contributed by atoms with van der Waals surface area (Å²) in [7, 11) is 2.98. The molecule has 1 atom stereocenters. The van der Waals surface area contributed by atoms with Crippen LogP contribution in [0.2, 0.25) is 0 Å². The van der Waals surface area contributed by atoms with E-state index in [9.17, 15) is 18.0 Å². The highest BCUT2D eigenvalue weighted by Crippen LogP contribution is 2.19. The first-order valence-corrected chi connectivity index (χ1v) is 6.17. The van der Waals surface area contributed by atoms with Crippen molar-refractivity contribution in [2.75, 3.05) is 27.4 Å². The summed E-state index contributed by atoms with van der Waals surface area (Å²) in [4.78, 5) is 11.5. The Kier molecular flexibility index (Phi) is 8.01. The van der Waals surface area contributed by atoms with Gasteiger partial charge in [-0.25, -0.2) is 0 Å². The number of hydrogen-bond donors (Lipinski definition) is 1. The van der Waals surface area contributed by atoms with E-state index >= 15 is 0 Å². The molecule has 0 heterocycles. The van der Waals surface area contributed by atoms with Crippen molar-refractivity contribution < 1.29 is 27.4 Å². The fourth-order valence-electron chi connectivity index (χ4n) is 1.53. The number of methoxy groups -OCH3 is 1. The monoisotopic (exact) mass is 285 g/mol. The van der Waals surface area contributed by atoms with Crippen molar-refractivity contribution in [2.24, 2.45) is 0 Å². The van der Waals surface area contributed by atoms with Gasteiger partial charge in [0, 0.05) is 6.61 Å². The summed E-state index contributed by atoms with van der Waals surface area (Å²) in [6, 6.07) is 0. The Bertz CT molecular complexity index is 271. The molecule has 0 aliphatic heterocycles. The van der Waals surface area contributed by atoms with E-state index in [1.165, 1.54) is 7.11 Å². The number of halogens is 3. The van der Waals surface area contributed by atoms with Gasteiger partial charge in [-0.2, -0.15) is 13.2 Å². The van der Waals surface area contributed by atoms with Gasteiger partial charge < -0.3 is 14.8 Å². The van der Waals surface area contributed by atoms with E-state index in [0.717, 1.165) is 0 Å². The lowest BCUT2D eigenvalue weighted by molar-refractivity contribution is -0.148. The molecule has 0 aromatic heterocycles. The lowest BCUT2D eigenvalue weighted by Crippen LogP contribution is -2.48. The summed E-state index contributed by atoms with van der Waals surface area (Å²) in [5, 5.41) is 2.89. The second kappa shape index (κ2) is 8.37. The van der Waals surface area contributed by atoms with Crippen LogP contribution >= 0.6 is 0 Å². The summed E-state index contributed by atoms with van der Waals surface area (Å²) < 4.78 is 45.0. The van der Waals surface area contributed by atoms with E-state index in [1.54, 1.807) is 14.0 Å². The number of ether oxygens (including phenoxy) is 2. The number of carbonyl (C=O) groups is 1. The Labute approximate surface area is 111 Å². The average molecular weight is 285 g/mol. The molecule has 4 nitrogen and oxygen atoms in total. The van der Waals surface area contributed by atoms with Crippen LogP contribution in [0.5, 0.6) is 0 Å². The molecule has 0 saturated carbocycles. The van der Waals surface area contributed by atoms with Crippen molar-refractivity contribution >= 4 is 5.97 Å². The van der Waals surface area contributed by atoms with Gasteiger partial charge in [0.1, 0.15) is 5.54 Å². The minimum absolute atomic E-state index is 0.261. The number of rotatable bonds is 9. The van der Waals surface area contributed by atoms with E-state index in [1.807, 2.05) is 0 Å². The lowest BCUT2D eigenvalue weighted by Gasteiger charge is -2.25. The molecule has 0 radical (unpaired) electrons. The van der Waals surface area contributed by atoms with Crippen molar-refractivity contribution in [1.82, 2.24) is 5.32 Å². The molecule has 0 aliphatic rings. The van der Waals surface area contributed by atoms with Crippen molar-refractivity contribution in [3.05, 3.63) is 0 Å². The van der Waals surface area contributed by atoms with Crippen molar-refractivity contribution in [2.45, 2.75) is 44.3 Å². The summed E-state index contributed by atoms with van der Waals surface area (Å²) in [6.45, 7) is 1.67. The van der Waals surface area contributed by atoms with Gasteiger partial charge >= 0.3 is 12.1 Å². The Morgan fingerprint density at radius 1 is 1.16 bits per heavy atom. The molecule has 0 rings (SSSR count). The number of hydrogen-bond acceptors (Lipinski definition) is 4. The zero-order valence-electron chi connectivity index (χ0n) is 11.6. The Morgan fingerprint density at radius 2 is 1.79 bits per heavy atom. The normalized spacial score (nSPS) is 15.1. The molecule has 114 valence electrons. The van der Waals surface area contributed by atoms with Crippen molar-refractivity contribution in [1.29, 1.82) is 0 Å².